The predicted molar refractivity (Wildman–Crippen MR) is 305 cm³/mol. The van der Waals surface area contributed by atoms with Crippen LogP contribution in [-0.4, -0.2) is 219 Å². The third-order valence-electron chi connectivity index (χ3n) is 17.1. The van der Waals surface area contributed by atoms with Gasteiger partial charge in [0.1, 0.15) is 60.4 Å². The molecule has 6 rings (SSSR count). The number of carbonyl (C=O) groups excluding carboxylic acids is 11. The van der Waals surface area contributed by atoms with E-state index in [0.29, 0.717) is 83.6 Å². The van der Waals surface area contributed by atoms with Crippen molar-refractivity contribution in [2.75, 3.05) is 52.4 Å². The molecule has 0 saturated carbocycles. The third kappa shape index (κ3) is 17.0. The third-order valence-corrected chi connectivity index (χ3v) is 17.1. The molecule has 0 aromatic heterocycles. The molecule has 0 unspecified atom stereocenters. The predicted octanol–water partition coefficient (Wildman–Crippen LogP) is -2.37. The zero-order valence-electron chi connectivity index (χ0n) is 49.3. The fourth-order valence-corrected chi connectivity index (χ4v) is 12.5. The van der Waals surface area contributed by atoms with Gasteiger partial charge < -0.3 is 78.7 Å². The number of carbonyl (C=O) groups is 12. The summed E-state index contributed by atoms with van der Waals surface area (Å²) in [7, 11) is 0. The fraction of sp³-hybridized carbons (Fsp3) is 0.768. The highest BCUT2D eigenvalue weighted by Gasteiger charge is 2.47. The number of nitrogens with one attached hydrogen (secondary N) is 6. The van der Waals surface area contributed by atoms with Crippen molar-refractivity contribution in [1.82, 2.24) is 56.4 Å². The Bertz CT molecular complexity index is 2460. The first-order valence-electron chi connectivity index (χ1n) is 30.3. The zero-order valence-corrected chi connectivity index (χ0v) is 49.3. The highest BCUT2D eigenvalue weighted by molar-refractivity contribution is 6.00. The number of nitrogens with zero attached hydrogens (tertiary/aromatic N) is 6. The molecule has 6 aliphatic rings. The molecule has 0 bridgehead atoms. The van der Waals surface area contributed by atoms with E-state index in [0.717, 1.165) is 0 Å². The van der Waals surface area contributed by atoms with Gasteiger partial charge in [-0.15, -0.1) is 0 Å². The van der Waals surface area contributed by atoms with Gasteiger partial charge in [0.25, 0.3) is 0 Å². The monoisotopic (exact) mass is 1180 g/mol. The summed E-state index contributed by atoms with van der Waals surface area (Å²) in [4.78, 5) is 176. The molecule has 0 aliphatic carbocycles. The summed E-state index contributed by atoms with van der Waals surface area (Å²) in [6.07, 6.45) is 6.36. The average Bonchev–Trinajstić information content (AvgIpc) is 3.03. The first-order chi connectivity index (χ1) is 40.1. The number of aliphatic imine (C=N–C) groups is 1. The Morgan fingerprint density at radius 1 is 0.607 bits per heavy atom. The maximum absolute atomic E-state index is 14.8. The standard InChI is InChI=1S/C56H91N15O13/c1-5-33(4)45(54(82)70-28-12-19-41(70)53(81)71-29-13-20-42(71)55(83)84)66-47(75)34(14-6-7-23-57)64-48(76)38-16-9-25-67(38)50(78)36(15-8-24-60-56(58)59)65-49(77)39-17-10-26-68(39)52(80)40-18-11-27-69(40)51(79)37(30-32(2)3)63-44(73)31-61-46(74)35-21-22-43(72)62-35/h32-42,45H,5-31,57H2,1-4H3,(H,61,74)(H,62,72)(H,63,73)(H,64,76)(H,65,77)(H,66,75)(H,83,84)(H4,58,59,60)/t33-,34-,35-,36-,37-,38+,39+,40-,41+,42-,45-/m0/s1. The Morgan fingerprint density at radius 3 is 1.64 bits per heavy atom. The number of hydrogen-bond acceptors (Lipinski definition) is 14. The highest BCUT2D eigenvalue weighted by Crippen LogP contribution is 2.30. The number of amides is 11. The molecule has 0 spiro atoms. The van der Waals surface area contributed by atoms with Crippen LogP contribution in [0.3, 0.4) is 0 Å². The zero-order chi connectivity index (χ0) is 61.4. The number of rotatable bonds is 28. The van der Waals surface area contributed by atoms with E-state index in [1.54, 1.807) is 6.92 Å². The Hall–Kier alpha value is -7.13. The molecule has 6 heterocycles. The van der Waals surface area contributed by atoms with Crippen molar-refractivity contribution < 1.29 is 62.6 Å². The van der Waals surface area contributed by atoms with E-state index in [2.05, 4.69) is 36.9 Å². The molecule has 28 nitrogen and oxygen atoms in total. The van der Waals surface area contributed by atoms with Gasteiger partial charge in [-0.25, -0.2) is 4.79 Å². The van der Waals surface area contributed by atoms with Crippen molar-refractivity contribution in [3.8, 4) is 0 Å². The number of nitrogens with two attached hydrogens (primary N) is 3. The van der Waals surface area contributed by atoms with E-state index in [1.165, 1.54) is 24.5 Å². The van der Waals surface area contributed by atoms with Gasteiger partial charge in [0, 0.05) is 45.7 Å². The first-order valence-corrected chi connectivity index (χ1v) is 30.3. The van der Waals surface area contributed by atoms with Gasteiger partial charge in [-0.05, 0) is 128 Å². The molecule has 0 radical (unpaired) electrons. The smallest absolute Gasteiger partial charge is 0.326 e. The largest absolute Gasteiger partial charge is 0.480 e. The maximum Gasteiger partial charge on any atom is 0.326 e. The second-order valence-corrected chi connectivity index (χ2v) is 23.6. The molecule has 6 saturated heterocycles. The van der Waals surface area contributed by atoms with E-state index in [1.807, 2.05) is 20.8 Å². The van der Waals surface area contributed by atoms with E-state index in [-0.39, 0.29) is 102 Å². The quantitative estimate of drug-likeness (QED) is 0.0222. The Labute approximate surface area is 491 Å². The second kappa shape index (κ2) is 31.1. The Kier molecular flexibility index (Phi) is 24.5. The van der Waals surface area contributed by atoms with Crippen LogP contribution in [0.15, 0.2) is 4.99 Å². The van der Waals surface area contributed by atoms with Crippen molar-refractivity contribution in [3.63, 3.8) is 0 Å². The van der Waals surface area contributed by atoms with Crippen LogP contribution >= 0.6 is 0 Å². The molecule has 11 amide bonds. The van der Waals surface area contributed by atoms with E-state index in [4.69, 9.17) is 17.2 Å². The molecular weight excluding hydrogens is 1090 g/mol. The van der Waals surface area contributed by atoms with Crippen LogP contribution in [0.1, 0.15) is 150 Å². The average molecular weight is 1180 g/mol. The van der Waals surface area contributed by atoms with E-state index < -0.39 is 138 Å². The van der Waals surface area contributed by atoms with Gasteiger partial charge in [-0.2, -0.15) is 0 Å². The van der Waals surface area contributed by atoms with Gasteiger partial charge in [-0.3, -0.25) is 57.7 Å². The van der Waals surface area contributed by atoms with Crippen LogP contribution in [0.25, 0.3) is 0 Å². The van der Waals surface area contributed by atoms with Gasteiger partial charge in [0.15, 0.2) is 5.96 Å². The fourth-order valence-electron chi connectivity index (χ4n) is 12.5. The number of likely N-dealkylation sites (tertiary alicyclic amines) is 5. The number of carboxylic acids is 1. The summed E-state index contributed by atoms with van der Waals surface area (Å²) in [5.41, 5.74) is 17.0. The first kappa shape index (κ1) is 66.0. The summed E-state index contributed by atoms with van der Waals surface area (Å²) in [5, 5.41) is 26.2. The minimum Gasteiger partial charge on any atom is -0.480 e. The number of carboxylic acid groups (broad SMARTS) is 1. The van der Waals surface area contributed by atoms with Gasteiger partial charge in [0.05, 0.1) is 6.54 Å². The Balaban J connectivity index is 1.13. The summed E-state index contributed by atoms with van der Waals surface area (Å²) in [6.45, 7) is 8.44. The Morgan fingerprint density at radius 2 is 1.11 bits per heavy atom. The van der Waals surface area contributed by atoms with Crippen LogP contribution in [0.4, 0.5) is 0 Å². The number of guanidine groups is 1. The molecule has 84 heavy (non-hydrogen) atoms. The topological polar surface area (TPSA) is 404 Å². The van der Waals surface area contributed by atoms with E-state index >= 15 is 0 Å². The minimum absolute atomic E-state index is 0.0400. The van der Waals surface area contributed by atoms with Gasteiger partial charge in [0.2, 0.25) is 65.0 Å². The van der Waals surface area contributed by atoms with Crippen LogP contribution < -0.4 is 49.1 Å². The lowest BCUT2D eigenvalue weighted by atomic mass is 9.96. The van der Waals surface area contributed by atoms with E-state index in [9.17, 15) is 62.6 Å². The maximum atomic E-state index is 14.8. The lowest BCUT2D eigenvalue weighted by Gasteiger charge is -2.35. The lowest BCUT2D eigenvalue weighted by Crippen LogP contribution is -2.60. The van der Waals surface area contributed by atoms with Crippen LogP contribution in [-0.2, 0) is 57.5 Å². The molecule has 13 N–H and O–H groups in total. The molecule has 11 atom stereocenters. The summed E-state index contributed by atoms with van der Waals surface area (Å²) in [5.74, 6) is -7.49. The van der Waals surface area contributed by atoms with Crippen molar-refractivity contribution >= 4 is 76.9 Å². The SMILES string of the molecule is CC[C@H](C)[C@H](NC(=O)[C@H](CCCCN)NC(=O)[C@H]1CCCN1C(=O)[C@H](CCCN=C(N)N)NC(=O)[C@H]1CCCN1C(=O)[C@@H]1CCCN1C(=O)[C@H](CC(C)C)NC(=O)CNC(=O)[C@@H]1CCC(=O)N1)C(=O)N1CCC[C@@H]1C(=O)N1CCC[C@H]1C(=O)O. The molecule has 28 heteroatoms. The molecule has 0 aromatic carbocycles. The normalized spacial score (nSPS) is 24.0. The molecule has 468 valence electrons. The molecule has 6 aliphatic heterocycles. The minimum atomic E-state index is -1.21. The number of unbranched alkanes of at least 4 members (excludes halogenated alkanes) is 1. The number of hydrogen-bond donors (Lipinski definition) is 10. The molecular formula is C56H91N15O13. The summed E-state index contributed by atoms with van der Waals surface area (Å²) < 4.78 is 0. The second-order valence-electron chi connectivity index (χ2n) is 23.6. The van der Waals surface area contributed by atoms with Crippen molar-refractivity contribution in [2.45, 2.75) is 210 Å². The molecule has 6 fully saturated rings. The summed E-state index contributed by atoms with van der Waals surface area (Å²) in [6, 6.07) is -10.2. The van der Waals surface area contributed by atoms with Gasteiger partial charge in [-0.1, -0.05) is 34.1 Å². The van der Waals surface area contributed by atoms with Crippen molar-refractivity contribution in [2.24, 2.45) is 34.0 Å². The van der Waals surface area contributed by atoms with Crippen LogP contribution in [0, 0.1) is 11.8 Å². The number of aliphatic carboxylic acids is 1. The van der Waals surface area contributed by atoms with Crippen LogP contribution in [0.2, 0.25) is 0 Å². The highest BCUT2D eigenvalue weighted by atomic mass is 16.4. The van der Waals surface area contributed by atoms with Gasteiger partial charge >= 0.3 is 5.97 Å². The van der Waals surface area contributed by atoms with Crippen molar-refractivity contribution in [3.05, 3.63) is 0 Å². The van der Waals surface area contributed by atoms with Crippen molar-refractivity contribution in [1.29, 1.82) is 0 Å². The summed E-state index contributed by atoms with van der Waals surface area (Å²) >= 11 is 0. The van der Waals surface area contributed by atoms with Crippen LogP contribution in [0.5, 0.6) is 0 Å². The lowest BCUT2D eigenvalue weighted by molar-refractivity contribution is -0.152. The molecule has 0 aromatic rings.